The highest BCUT2D eigenvalue weighted by Gasteiger charge is 2.24. The van der Waals surface area contributed by atoms with E-state index in [0.717, 1.165) is 5.56 Å². The first-order chi connectivity index (χ1) is 13.0. The van der Waals surface area contributed by atoms with Crippen molar-refractivity contribution in [2.24, 2.45) is 0 Å². The number of rotatable bonds is 5. The number of pyridine rings is 1. The van der Waals surface area contributed by atoms with Crippen molar-refractivity contribution in [1.29, 1.82) is 0 Å². The van der Waals surface area contributed by atoms with Gasteiger partial charge in [0.15, 0.2) is 0 Å². The van der Waals surface area contributed by atoms with Crippen molar-refractivity contribution in [2.75, 3.05) is 23.3 Å². The third-order valence-corrected chi connectivity index (χ3v) is 4.09. The van der Waals surface area contributed by atoms with Gasteiger partial charge in [0, 0.05) is 31.2 Å². The summed E-state index contributed by atoms with van der Waals surface area (Å²) in [5.74, 6) is -0.398. The molecule has 27 heavy (non-hydrogen) atoms. The highest BCUT2D eigenvalue weighted by Crippen LogP contribution is 2.26. The number of morpholine rings is 1. The first-order valence-electron chi connectivity index (χ1n) is 8.79. The topological polar surface area (TPSA) is 75.7 Å². The summed E-state index contributed by atoms with van der Waals surface area (Å²) in [5.41, 5.74) is 3.92. The Morgan fingerprint density at radius 1 is 1.33 bits per heavy atom. The van der Waals surface area contributed by atoms with Crippen LogP contribution in [0.2, 0.25) is 0 Å². The fourth-order valence-electron chi connectivity index (χ4n) is 3.04. The summed E-state index contributed by atoms with van der Waals surface area (Å²) < 4.78 is 20.2. The summed E-state index contributed by atoms with van der Waals surface area (Å²) in [6.07, 6.45) is 3.36. The predicted molar refractivity (Wildman–Crippen MR) is 99.8 cm³/mol. The zero-order valence-electron chi connectivity index (χ0n) is 15.3. The van der Waals surface area contributed by atoms with Crippen LogP contribution >= 0.6 is 0 Å². The average Bonchev–Trinajstić information content (AvgIpc) is 2.62. The van der Waals surface area contributed by atoms with Gasteiger partial charge < -0.3 is 15.0 Å². The van der Waals surface area contributed by atoms with Crippen LogP contribution < -0.4 is 15.7 Å². The number of carbonyl (C=O) groups excluding carboxylic acids is 1. The zero-order chi connectivity index (χ0) is 19.2. The Labute approximate surface area is 157 Å². The number of hydroxylamine groups is 1. The third kappa shape index (κ3) is 5.38. The second-order valence-electron chi connectivity index (χ2n) is 6.53. The van der Waals surface area contributed by atoms with Gasteiger partial charge in [-0.1, -0.05) is 6.07 Å². The van der Waals surface area contributed by atoms with Crippen molar-refractivity contribution in [1.82, 2.24) is 10.5 Å². The van der Waals surface area contributed by atoms with Gasteiger partial charge in [0.05, 0.1) is 17.9 Å². The van der Waals surface area contributed by atoms with Gasteiger partial charge >= 0.3 is 6.03 Å². The molecular weight excluding hydrogens is 351 g/mol. The molecule has 0 bridgehead atoms. The molecule has 8 heteroatoms. The van der Waals surface area contributed by atoms with E-state index in [1.807, 2.05) is 24.8 Å². The number of nitrogens with zero attached hydrogens (tertiary/aromatic N) is 2. The van der Waals surface area contributed by atoms with Crippen LogP contribution in [0.3, 0.4) is 0 Å². The van der Waals surface area contributed by atoms with Crippen LogP contribution in [0.15, 0.2) is 42.7 Å². The smallest absolute Gasteiger partial charge is 0.343 e. The number of ether oxygens (including phenoxy) is 1. The van der Waals surface area contributed by atoms with Crippen molar-refractivity contribution in [3.05, 3.63) is 54.1 Å². The molecule has 2 N–H and O–H groups in total. The van der Waals surface area contributed by atoms with Crippen molar-refractivity contribution < 1.29 is 18.8 Å². The van der Waals surface area contributed by atoms with E-state index in [1.54, 1.807) is 30.6 Å². The maximum absolute atomic E-state index is 14.5. The molecule has 144 valence electrons. The van der Waals surface area contributed by atoms with Gasteiger partial charge in [-0.2, -0.15) is 0 Å². The molecule has 0 saturated carbocycles. The molecule has 1 fully saturated rings. The Kier molecular flexibility index (Phi) is 6.20. The number of amides is 2. The molecule has 2 amide bonds. The second kappa shape index (κ2) is 8.79. The van der Waals surface area contributed by atoms with Crippen LogP contribution in [-0.2, 0) is 16.2 Å². The highest BCUT2D eigenvalue weighted by atomic mass is 19.1. The molecule has 2 heterocycles. The minimum Gasteiger partial charge on any atom is -0.372 e. The van der Waals surface area contributed by atoms with E-state index in [1.165, 1.54) is 6.07 Å². The summed E-state index contributed by atoms with van der Waals surface area (Å²) in [5, 5.41) is 2.54. The van der Waals surface area contributed by atoms with Crippen LogP contribution in [0, 0.1) is 5.82 Å². The van der Waals surface area contributed by atoms with Crippen molar-refractivity contribution in [3.8, 4) is 0 Å². The molecule has 1 aromatic carbocycles. The van der Waals surface area contributed by atoms with Crippen LogP contribution in [-0.4, -0.2) is 36.3 Å². The van der Waals surface area contributed by atoms with Crippen molar-refractivity contribution >= 4 is 17.4 Å². The Morgan fingerprint density at radius 2 is 2.11 bits per heavy atom. The molecule has 2 aromatic rings. The minimum absolute atomic E-state index is 0.0358. The third-order valence-electron chi connectivity index (χ3n) is 4.09. The van der Waals surface area contributed by atoms with E-state index >= 15 is 0 Å². The maximum Gasteiger partial charge on any atom is 0.343 e. The summed E-state index contributed by atoms with van der Waals surface area (Å²) in [4.78, 5) is 22.9. The van der Waals surface area contributed by atoms with Gasteiger partial charge in [0.1, 0.15) is 12.4 Å². The lowest BCUT2D eigenvalue weighted by Crippen LogP contribution is -2.45. The largest absolute Gasteiger partial charge is 0.372 e. The van der Waals surface area contributed by atoms with E-state index in [0.29, 0.717) is 24.5 Å². The zero-order valence-corrected chi connectivity index (χ0v) is 15.3. The summed E-state index contributed by atoms with van der Waals surface area (Å²) in [6, 6.07) is 7.63. The van der Waals surface area contributed by atoms with Crippen LogP contribution in [0.1, 0.15) is 19.4 Å². The first kappa shape index (κ1) is 19.1. The molecule has 1 aliphatic rings. The molecule has 0 aliphatic carbocycles. The highest BCUT2D eigenvalue weighted by molar-refractivity contribution is 5.88. The van der Waals surface area contributed by atoms with E-state index in [4.69, 9.17) is 9.57 Å². The van der Waals surface area contributed by atoms with E-state index in [-0.39, 0.29) is 18.8 Å². The minimum atomic E-state index is -0.584. The monoisotopic (exact) mass is 374 g/mol. The fourth-order valence-corrected chi connectivity index (χ4v) is 3.04. The molecule has 2 unspecified atom stereocenters. The van der Waals surface area contributed by atoms with Gasteiger partial charge in [-0.15, -0.1) is 0 Å². The second-order valence-corrected chi connectivity index (χ2v) is 6.53. The van der Waals surface area contributed by atoms with Gasteiger partial charge in [0.2, 0.25) is 0 Å². The van der Waals surface area contributed by atoms with Crippen LogP contribution in [0.4, 0.5) is 20.6 Å². The molecule has 1 saturated heterocycles. The summed E-state index contributed by atoms with van der Waals surface area (Å²) >= 11 is 0. The molecule has 0 radical (unpaired) electrons. The number of hydrogen-bond donors (Lipinski definition) is 2. The Bertz CT molecular complexity index is 765. The number of aromatic nitrogens is 1. The molecule has 0 spiro atoms. The lowest BCUT2D eigenvalue weighted by Gasteiger charge is -2.37. The Balaban J connectivity index is 1.53. The van der Waals surface area contributed by atoms with E-state index in [9.17, 15) is 9.18 Å². The van der Waals surface area contributed by atoms with Crippen molar-refractivity contribution in [2.45, 2.75) is 32.7 Å². The van der Waals surface area contributed by atoms with Gasteiger partial charge in [-0.3, -0.25) is 9.82 Å². The SMILES string of the molecule is CC1CN(c2ccc(NC(=O)NOCc3cccnc3)cc2F)CC(C)O1. The maximum atomic E-state index is 14.5. The fraction of sp³-hybridized carbons (Fsp3) is 0.368. The molecule has 1 aliphatic heterocycles. The molecule has 7 nitrogen and oxygen atoms in total. The number of anilines is 2. The van der Waals surface area contributed by atoms with Gasteiger partial charge in [-0.25, -0.2) is 14.7 Å². The average molecular weight is 374 g/mol. The van der Waals surface area contributed by atoms with E-state index in [2.05, 4.69) is 15.8 Å². The Hall–Kier alpha value is -2.71. The van der Waals surface area contributed by atoms with Gasteiger partial charge in [-0.05, 0) is 43.7 Å². The predicted octanol–water partition coefficient (Wildman–Crippen LogP) is 3.09. The lowest BCUT2D eigenvalue weighted by atomic mass is 10.2. The van der Waals surface area contributed by atoms with E-state index < -0.39 is 11.8 Å². The summed E-state index contributed by atoms with van der Waals surface area (Å²) in [7, 11) is 0. The molecule has 2 atom stereocenters. The van der Waals surface area contributed by atoms with Gasteiger partial charge in [0.25, 0.3) is 0 Å². The number of urea groups is 1. The molecule has 3 rings (SSSR count). The quantitative estimate of drug-likeness (QED) is 0.787. The van der Waals surface area contributed by atoms with Crippen LogP contribution in [0.25, 0.3) is 0 Å². The Morgan fingerprint density at radius 3 is 2.78 bits per heavy atom. The lowest BCUT2D eigenvalue weighted by molar-refractivity contribution is -0.00539. The van der Waals surface area contributed by atoms with Crippen molar-refractivity contribution in [3.63, 3.8) is 0 Å². The summed E-state index contributed by atoms with van der Waals surface area (Å²) in [6.45, 7) is 5.36. The number of nitrogens with one attached hydrogen (secondary N) is 2. The normalized spacial score (nSPS) is 19.6. The number of hydrogen-bond acceptors (Lipinski definition) is 5. The van der Waals surface area contributed by atoms with Crippen LogP contribution in [0.5, 0.6) is 0 Å². The number of carbonyl (C=O) groups is 1. The number of benzene rings is 1. The first-order valence-corrected chi connectivity index (χ1v) is 8.79. The standard InChI is InChI=1S/C19H23FN4O3/c1-13-10-24(11-14(2)27-13)18-6-5-16(8-17(18)20)22-19(25)23-26-12-15-4-3-7-21-9-15/h3-9,13-14H,10-12H2,1-2H3,(H2,22,23,25). The number of halogens is 1. The molecule has 1 aromatic heterocycles. The molecular formula is C19H23FN4O3.